The zero-order valence-electron chi connectivity index (χ0n) is 51.5. The number of aliphatic hydroxyl groups is 12. The molecule has 0 bridgehead atoms. The second-order valence-electron chi connectivity index (χ2n) is 22.4. The van der Waals surface area contributed by atoms with Gasteiger partial charge in [-0.05, 0) is 59.7 Å². The van der Waals surface area contributed by atoms with E-state index in [1.165, 1.54) is 81.0 Å². The molecule has 0 saturated carbocycles. The molecule has 3 aromatic rings. The third-order valence-electron chi connectivity index (χ3n) is 15.8. The van der Waals surface area contributed by atoms with Gasteiger partial charge in [-0.25, -0.2) is 14.4 Å². The molecule has 24 atom stereocenters. The van der Waals surface area contributed by atoms with Gasteiger partial charge in [-0.3, -0.25) is 9.59 Å². The summed E-state index contributed by atoms with van der Waals surface area (Å²) in [5.74, 6) is -9.43. The Balaban J connectivity index is 1.29. The van der Waals surface area contributed by atoms with E-state index in [-0.39, 0.29) is 39.7 Å². The van der Waals surface area contributed by atoms with E-state index < -0.39 is 216 Å². The van der Waals surface area contributed by atoms with E-state index in [4.69, 9.17) is 75.8 Å². The molecule has 96 heavy (non-hydrogen) atoms. The van der Waals surface area contributed by atoms with Crippen molar-refractivity contribution in [1.29, 1.82) is 0 Å². The zero-order chi connectivity index (χ0) is 69.9. The van der Waals surface area contributed by atoms with Crippen LogP contribution in [0.4, 0.5) is 0 Å². The van der Waals surface area contributed by atoms with Crippen molar-refractivity contribution in [2.75, 3.05) is 53.9 Å². The highest BCUT2D eigenvalue weighted by Gasteiger charge is 2.64. The normalized spacial score (nSPS) is 35.4. The number of methoxy groups -OCH3 is 2. The Bertz CT molecular complexity index is 3150. The van der Waals surface area contributed by atoms with Gasteiger partial charge in [-0.2, -0.15) is 0 Å². The molecule has 0 aliphatic carbocycles. The van der Waals surface area contributed by atoms with Gasteiger partial charge in [0.1, 0.15) is 124 Å². The van der Waals surface area contributed by atoms with E-state index in [1.54, 1.807) is 6.07 Å². The van der Waals surface area contributed by atoms with Gasteiger partial charge in [0.15, 0.2) is 60.4 Å². The molecule has 0 aromatic heterocycles. The number of carbonyl (C=O) groups is 5. The molecule has 35 nitrogen and oxygen atoms in total. The van der Waals surface area contributed by atoms with E-state index in [0.29, 0.717) is 0 Å². The van der Waals surface area contributed by atoms with Crippen LogP contribution in [0.25, 0.3) is 12.2 Å². The van der Waals surface area contributed by atoms with Crippen molar-refractivity contribution in [3.05, 3.63) is 95.6 Å². The number of hydrogen-bond acceptors (Lipinski definition) is 35. The third kappa shape index (κ3) is 17.6. The van der Waals surface area contributed by atoms with Crippen LogP contribution in [-0.2, 0) is 85.5 Å². The molecule has 14 N–H and O–H groups in total. The molecule has 5 heterocycles. The molecule has 3 aromatic carbocycles. The van der Waals surface area contributed by atoms with Crippen molar-refractivity contribution in [3.63, 3.8) is 0 Å². The fourth-order valence-corrected chi connectivity index (χ4v) is 10.8. The summed E-state index contributed by atoms with van der Waals surface area (Å²) < 4.78 is 94.1. The number of hydrogen-bond donors (Lipinski definition) is 14. The van der Waals surface area contributed by atoms with Crippen LogP contribution >= 0.6 is 0 Å². The van der Waals surface area contributed by atoms with E-state index in [9.17, 15) is 95.5 Å². The number of carbonyl (C=O) groups excluding carboxylic acids is 5. The molecule has 5 aliphatic heterocycles. The summed E-state index contributed by atoms with van der Waals surface area (Å²) in [6.07, 6.45) is -45.7. The van der Waals surface area contributed by atoms with Crippen LogP contribution in [0.3, 0.4) is 0 Å². The van der Waals surface area contributed by atoms with Crippen molar-refractivity contribution >= 4 is 42.0 Å². The maximum atomic E-state index is 14.4. The number of esters is 5. The van der Waals surface area contributed by atoms with Crippen molar-refractivity contribution in [1.82, 2.24) is 0 Å². The second-order valence-corrected chi connectivity index (χ2v) is 22.4. The second kappa shape index (κ2) is 33.4. The molecule has 5 saturated heterocycles. The van der Waals surface area contributed by atoms with Gasteiger partial charge < -0.3 is 147 Å². The van der Waals surface area contributed by atoms with Gasteiger partial charge in [0.25, 0.3) is 0 Å². The molecule has 530 valence electrons. The average Bonchev–Trinajstić information content (AvgIpc) is 1.42. The standard InChI is InChI=1S/C61H76O35/c1-26(65)83-23-38-51(91-57-48(77)45(74)42(71)35(20-62)86-57)47(76)50(79)59(88-38)92-53-52(90-41(70)17-13-29-10-14-31(67)34(19-29)82-4)39(24-84-27(2)66)89-60(54(53)93-58-49(78)46(75)43(72)36(21-63)87-58)96-61(25-85-40(69)16-12-28-11-15-33(81-3)32(68)18-28)55(44(73)37(22-64)95-61)94-56(80)30-8-6-5-7-9-30/h5-19,35-39,42-55,57-60,62-64,67-68,71-79H,20-25H2,1-4H3/b16-12-,17-13+/t35-,36+,37+,38-,39+,42-,43+,44+,45+,46-,47-,48-,49+,50-,51-,52+,53-,54+,55-,57+,58-,59+,60-,61+/m0/s1. The summed E-state index contributed by atoms with van der Waals surface area (Å²) in [5.41, 5.74) is 0.262. The Hall–Kier alpha value is -7.15. The fourth-order valence-electron chi connectivity index (χ4n) is 10.8. The first kappa shape index (κ1) is 74.6. The topological polar surface area (TPSA) is 516 Å². The van der Waals surface area contributed by atoms with E-state index >= 15 is 0 Å². The summed E-state index contributed by atoms with van der Waals surface area (Å²) >= 11 is 0. The van der Waals surface area contributed by atoms with Crippen molar-refractivity contribution in [2.24, 2.45) is 0 Å². The molecule has 5 fully saturated rings. The summed E-state index contributed by atoms with van der Waals surface area (Å²) in [6.45, 7) is -4.53. The van der Waals surface area contributed by atoms with Gasteiger partial charge >= 0.3 is 29.8 Å². The number of phenolic OH excluding ortho intramolecular Hbond substituents is 2. The van der Waals surface area contributed by atoms with E-state index in [0.717, 1.165) is 32.1 Å². The predicted molar refractivity (Wildman–Crippen MR) is 310 cm³/mol. The summed E-state index contributed by atoms with van der Waals surface area (Å²) in [7, 11) is 2.54. The molecule has 35 heteroatoms. The number of ether oxygens (including phenoxy) is 16. The summed E-state index contributed by atoms with van der Waals surface area (Å²) in [5, 5.41) is 154. The van der Waals surface area contributed by atoms with E-state index in [1.807, 2.05) is 0 Å². The molecular formula is C61H76O35. The molecule has 0 unspecified atom stereocenters. The van der Waals surface area contributed by atoms with Gasteiger partial charge in [-0.1, -0.05) is 30.3 Å². The minimum atomic E-state index is -3.03. The Morgan fingerprint density at radius 3 is 1.53 bits per heavy atom. The molecule has 0 spiro atoms. The fraction of sp³-hybridized carbons (Fsp3) is 0.557. The third-order valence-corrected chi connectivity index (χ3v) is 15.8. The van der Waals surface area contributed by atoms with Crippen LogP contribution in [0.15, 0.2) is 78.9 Å². The number of aromatic hydroxyl groups is 2. The van der Waals surface area contributed by atoms with Crippen molar-refractivity contribution < 1.29 is 171 Å². The quantitative estimate of drug-likeness (QED) is 0.0203. The number of rotatable bonds is 26. The Labute approximate surface area is 545 Å². The first-order chi connectivity index (χ1) is 45.7. The van der Waals surface area contributed by atoms with Crippen molar-refractivity contribution in [3.8, 4) is 23.0 Å². The van der Waals surface area contributed by atoms with Gasteiger partial charge in [0, 0.05) is 26.0 Å². The lowest BCUT2D eigenvalue weighted by atomic mass is 9.95. The first-order valence-corrected chi connectivity index (χ1v) is 29.6. The highest BCUT2D eigenvalue weighted by Crippen LogP contribution is 2.43. The van der Waals surface area contributed by atoms with Gasteiger partial charge in [0.05, 0.1) is 39.6 Å². The molecule has 5 aliphatic rings. The Morgan fingerprint density at radius 2 is 0.979 bits per heavy atom. The number of phenols is 2. The molecule has 0 radical (unpaired) electrons. The van der Waals surface area contributed by atoms with E-state index in [2.05, 4.69) is 0 Å². The lowest BCUT2D eigenvalue weighted by molar-refractivity contribution is -0.423. The van der Waals surface area contributed by atoms with Crippen LogP contribution in [0.2, 0.25) is 0 Å². The molecular weight excluding hydrogens is 1290 g/mol. The average molecular weight is 1370 g/mol. The van der Waals surface area contributed by atoms with Gasteiger partial charge in [0.2, 0.25) is 5.79 Å². The lowest BCUT2D eigenvalue weighted by Gasteiger charge is -2.51. The largest absolute Gasteiger partial charge is 0.504 e. The molecule has 8 rings (SSSR count). The maximum Gasteiger partial charge on any atom is 0.338 e. The zero-order valence-corrected chi connectivity index (χ0v) is 51.5. The highest BCUT2D eigenvalue weighted by molar-refractivity contribution is 5.90. The van der Waals surface area contributed by atoms with Gasteiger partial charge in [-0.15, -0.1) is 0 Å². The van der Waals surface area contributed by atoms with Crippen LogP contribution in [0.1, 0.15) is 35.3 Å². The maximum absolute atomic E-state index is 14.4. The number of aliphatic hydroxyl groups excluding tert-OH is 12. The lowest BCUT2D eigenvalue weighted by Crippen LogP contribution is -2.69. The Kier molecular flexibility index (Phi) is 26.0. The van der Waals surface area contributed by atoms with Crippen molar-refractivity contribution in [2.45, 2.75) is 161 Å². The van der Waals surface area contributed by atoms with Crippen LogP contribution < -0.4 is 9.47 Å². The van der Waals surface area contributed by atoms with Crippen LogP contribution in [-0.4, -0.2) is 302 Å². The predicted octanol–water partition coefficient (Wildman–Crippen LogP) is -4.96. The van der Waals surface area contributed by atoms with Crippen LogP contribution in [0.5, 0.6) is 23.0 Å². The highest BCUT2D eigenvalue weighted by atomic mass is 16.8. The minimum absolute atomic E-state index is 0.0405. The minimum Gasteiger partial charge on any atom is -0.504 e. The first-order valence-electron chi connectivity index (χ1n) is 29.6. The SMILES string of the molecule is COc1ccc(/C=C\C(=O)OC[C@]2(O[C@@H]3O[C@H](COC(C)=O)[C@@H](OC(=O)/C=C/c4ccc(O)c(OC)c4)[C@H](O[C@H]4O[C@@H](COC(C)=O)[C@H](O[C@H]5O[C@@H](CO)[C@H](O)[C@@H](O)[C@@H]5O)[C@@H](O)[C@@H]4O)[C@H]3O[C@@H]3O[C@H](CO)[C@@H](O)[C@H](O)[C@H]3O)O[C@H](CO)[C@@H](O)[C@@H]2OC(=O)c2ccccc2)cc1O. The molecule has 0 amide bonds. The Morgan fingerprint density at radius 1 is 0.479 bits per heavy atom. The number of benzene rings is 3. The summed E-state index contributed by atoms with van der Waals surface area (Å²) in [6, 6.07) is 14.9. The summed E-state index contributed by atoms with van der Waals surface area (Å²) in [4.78, 5) is 67.7. The monoisotopic (exact) mass is 1370 g/mol. The van der Waals surface area contributed by atoms with Crippen LogP contribution in [0, 0.1) is 0 Å². The smallest absolute Gasteiger partial charge is 0.338 e.